The number of hydrogen-bond acceptors (Lipinski definition) is 3. The number of aldehydes is 1. The average molecular weight is 232 g/mol. The number of pyridine rings is 1. The van der Waals surface area contributed by atoms with E-state index >= 15 is 0 Å². The molecule has 0 aromatic carbocycles. The van der Waals surface area contributed by atoms with Gasteiger partial charge in [0.05, 0.1) is 0 Å². The van der Waals surface area contributed by atoms with Gasteiger partial charge in [0.2, 0.25) is 0 Å². The van der Waals surface area contributed by atoms with Crippen LogP contribution in [0.1, 0.15) is 42.6 Å². The zero-order valence-corrected chi connectivity index (χ0v) is 10.8. The molecule has 1 aromatic heterocycles. The highest BCUT2D eigenvalue weighted by molar-refractivity contribution is 5.75. The van der Waals surface area contributed by atoms with Crippen molar-refractivity contribution in [3.8, 4) is 0 Å². The van der Waals surface area contributed by atoms with Gasteiger partial charge in [-0.15, -0.1) is 0 Å². The van der Waals surface area contributed by atoms with Crippen LogP contribution in [0.3, 0.4) is 0 Å². The molecule has 1 aliphatic heterocycles. The minimum atomic E-state index is 0.525. The Kier molecular flexibility index (Phi) is 3.46. The van der Waals surface area contributed by atoms with Crippen molar-refractivity contribution < 1.29 is 4.79 Å². The lowest BCUT2D eigenvalue weighted by Gasteiger charge is -2.39. The van der Waals surface area contributed by atoms with Gasteiger partial charge < -0.3 is 4.90 Å². The molecule has 0 bridgehead atoms. The molecule has 1 saturated heterocycles. The van der Waals surface area contributed by atoms with Crippen LogP contribution in [0.15, 0.2) is 12.3 Å². The molecule has 1 aliphatic rings. The van der Waals surface area contributed by atoms with Gasteiger partial charge >= 0.3 is 0 Å². The third-order valence-electron chi connectivity index (χ3n) is 3.85. The predicted octanol–water partition coefficient (Wildman–Crippen LogP) is 2.83. The van der Waals surface area contributed by atoms with Gasteiger partial charge in [-0.05, 0) is 44.2 Å². The summed E-state index contributed by atoms with van der Waals surface area (Å²) in [6, 6.07) is 2.44. The summed E-state index contributed by atoms with van der Waals surface area (Å²) >= 11 is 0. The maximum atomic E-state index is 10.7. The average Bonchev–Trinajstić information content (AvgIpc) is 2.33. The van der Waals surface area contributed by atoms with E-state index in [-0.39, 0.29) is 0 Å². The number of nitrogens with zero attached hydrogens (tertiary/aromatic N) is 2. The minimum absolute atomic E-state index is 0.525. The molecule has 2 rings (SSSR count). The van der Waals surface area contributed by atoms with Crippen molar-refractivity contribution in [3.05, 3.63) is 23.4 Å². The van der Waals surface area contributed by atoms with Crippen molar-refractivity contribution >= 4 is 12.1 Å². The maximum Gasteiger partial charge on any atom is 0.151 e. The van der Waals surface area contributed by atoms with Gasteiger partial charge in [0, 0.05) is 24.3 Å². The Morgan fingerprint density at radius 3 is 2.88 bits per heavy atom. The van der Waals surface area contributed by atoms with Crippen LogP contribution in [0, 0.1) is 12.8 Å². The second kappa shape index (κ2) is 4.86. The highest BCUT2D eigenvalue weighted by Gasteiger charge is 2.26. The number of anilines is 1. The third-order valence-corrected chi connectivity index (χ3v) is 3.85. The van der Waals surface area contributed by atoms with Gasteiger partial charge in [0.15, 0.2) is 6.29 Å². The molecule has 2 atom stereocenters. The Labute approximate surface area is 103 Å². The van der Waals surface area contributed by atoms with Crippen LogP contribution in [0.25, 0.3) is 0 Å². The summed E-state index contributed by atoms with van der Waals surface area (Å²) in [5.41, 5.74) is 1.75. The molecule has 1 aromatic rings. The molecule has 0 saturated carbocycles. The van der Waals surface area contributed by atoms with E-state index in [2.05, 4.69) is 23.7 Å². The van der Waals surface area contributed by atoms with Crippen molar-refractivity contribution in [2.45, 2.75) is 39.7 Å². The first-order valence-corrected chi connectivity index (χ1v) is 6.32. The van der Waals surface area contributed by atoms with Crippen LogP contribution in [0.4, 0.5) is 5.82 Å². The summed E-state index contributed by atoms with van der Waals surface area (Å²) in [5.74, 6) is 1.74. The van der Waals surface area contributed by atoms with Crippen LogP contribution in [0.2, 0.25) is 0 Å². The second-order valence-electron chi connectivity index (χ2n) is 5.08. The van der Waals surface area contributed by atoms with E-state index in [1.165, 1.54) is 12.8 Å². The van der Waals surface area contributed by atoms with Crippen molar-refractivity contribution in [2.24, 2.45) is 5.92 Å². The summed E-state index contributed by atoms with van der Waals surface area (Å²) in [6.45, 7) is 7.66. The first-order valence-electron chi connectivity index (χ1n) is 6.32. The number of piperidine rings is 1. The van der Waals surface area contributed by atoms with Crippen LogP contribution < -0.4 is 4.90 Å². The highest BCUT2D eigenvalue weighted by atomic mass is 16.1. The van der Waals surface area contributed by atoms with Crippen molar-refractivity contribution in [1.29, 1.82) is 0 Å². The summed E-state index contributed by atoms with van der Waals surface area (Å²) in [7, 11) is 0. The molecule has 0 radical (unpaired) electrons. The predicted molar refractivity (Wildman–Crippen MR) is 69.6 cm³/mol. The zero-order valence-electron chi connectivity index (χ0n) is 10.8. The standard InChI is InChI=1S/C14H20N2O/c1-10-5-4-6-16(12(10)3)14-11(2)7-13(9-17)8-15-14/h7-10,12H,4-6H2,1-3H3. The number of aryl methyl sites for hydroxylation is 1. The summed E-state index contributed by atoms with van der Waals surface area (Å²) in [4.78, 5) is 17.5. The molecule has 3 heteroatoms. The Morgan fingerprint density at radius 1 is 1.47 bits per heavy atom. The van der Waals surface area contributed by atoms with E-state index in [0.717, 1.165) is 24.2 Å². The van der Waals surface area contributed by atoms with Crippen molar-refractivity contribution in [3.63, 3.8) is 0 Å². The fraction of sp³-hybridized carbons (Fsp3) is 0.571. The molecule has 0 spiro atoms. The maximum absolute atomic E-state index is 10.7. The molecular weight excluding hydrogens is 212 g/mol. The van der Waals surface area contributed by atoms with Gasteiger partial charge in [-0.3, -0.25) is 4.79 Å². The number of aromatic nitrogens is 1. The lowest BCUT2D eigenvalue weighted by Crippen LogP contribution is -2.43. The topological polar surface area (TPSA) is 33.2 Å². The monoisotopic (exact) mass is 232 g/mol. The van der Waals surface area contributed by atoms with E-state index in [1.807, 2.05) is 13.0 Å². The van der Waals surface area contributed by atoms with Crippen LogP contribution >= 0.6 is 0 Å². The molecule has 0 amide bonds. The Morgan fingerprint density at radius 2 is 2.24 bits per heavy atom. The molecule has 0 aliphatic carbocycles. The first kappa shape index (κ1) is 12.1. The van der Waals surface area contributed by atoms with Gasteiger partial charge in [0.1, 0.15) is 5.82 Å². The lowest BCUT2D eigenvalue weighted by molar-refractivity contribution is 0.112. The van der Waals surface area contributed by atoms with Crippen molar-refractivity contribution in [2.75, 3.05) is 11.4 Å². The Balaban J connectivity index is 2.29. The molecule has 3 nitrogen and oxygen atoms in total. The third kappa shape index (κ3) is 2.33. The van der Waals surface area contributed by atoms with Crippen LogP contribution in [-0.4, -0.2) is 23.9 Å². The summed E-state index contributed by atoms with van der Waals surface area (Å²) in [5, 5.41) is 0. The van der Waals surface area contributed by atoms with Gasteiger partial charge in [-0.2, -0.15) is 0 Å². The quantitative estimate of drug-likeness (QED) is 0.735. The highest BCUT2D eigenvalue weighted by Crippen LogP contribution is 2.29. The van der Waals surface area contributed by atoms with Crippen LogP contribution in [0.5, 0.6) is 0 Å². The molecule has 92 valence electrons. The van der Waals surface area contributed by atoms with Gasteiger partial charge in [-0.25, -0.2) is 4.98 Å². The minimum Gasteiger partial charge on any atom is -0.353 e. The molecule has 2 heterocycles. The second-order valence-corrected chi connectivity index (χ2v) is 5.08. The number of carbonyl (C=O) groups is 1. The normalized spacial score (nSPS) is 24.8. The molecule has 2 unspecified atom stereocenters. The fourth-order valence-electron chi connectivity index (χ4n) is 2.59. The summed E-state index contributed by atoms with van der Waals surface area (Å²) in [6.07, 6.45) is 5.04. The van der Waals surface area contributed by atoms with E-state index in [1.54, 1.807) is 6.20 Å². The Hall–Kier alpha value is -1.38. The molecular formula is C14H20N2O. The van der Waals surface area contributed by atoms with Crippen LogP contribution in [-0.2, 0) is 0 Å². The van der Waals surface area contributed by atoms with Crippen molar-refractivity contribution in [1.82, 2.24) is 4.98 Å². The largest absolute Gasteiger partial charge is 0.353 e. The van der Waals surface area contributed by atoms with E-state index in [4.69, 9.17) is 0 Å². The van der Waals surface area contributed by atoms with E-state index in [9.17, 15) is 4.79 Å². The fourth-order valence-corrected chi connectivity index (χ4v) is 2.59. The van der Waals surface area contributed by atoms with Gasteiger partial charge in [-0.1, -0.05) is 6.92 Å². The Bertz CT molecular complexity index is 417. The molecule has 17 heavy (non-hydrogen) atoms. The number of rotatable bonds is 2. The summed E-state index contributed by atoms with van der Waals surface area (Å²) < 4.78 is 0. The van der Waals surface area contributed by atoms with E-state index < -0.39 is 0 Å². The molecule has 0 N–H and O–H groups in total. The van der Waals surface area contributed by atoms with Gasteiger partial charge in [0.25, 0.3) is 0 Å². The molecule has 1 fully saturated rings. The number of carbonyl (C=O) groups excluding carboxylic acids is 1. The zero-order chi connectivity index (χ0) is 12.4. The smallest absolute Gasteiger partial charge is 0.151 e. The number of hydrogen-bond donors (Lipinski definition) is 0. The van der Waals surface area contributed by atoms with E-state index in [0.29, 0.717) is 17.5 Å². The first-order chi connectivity index (χ1) is 8.13. The SMILES string of the molecule is Cc1cc(C=O)cnc1N1CCCC(C)C1C. The lowest BCUT2D eigenvalue weighted by atomic mass is 9.92.